The molecule has 0 saturated heterocycles. The Hall–Kier alpha value is -0.980. The Morgan fingerprint density at radius 3 is 2.79 bits per heavy atom. The SMILES string of the molecule is CCOC(=O)COCCNC(C)c1sc(C)nc1C. The molecule has 0 radical (unpaired) electrons. The fraction of sp³-hybridized carbons (Fsp3) is 0.692. The van der Waals surface area contributed by atoms with E-state index in [2.05, 4.69) is 17.2 Å². The van der Waals surface area contributed by atoms with Crippen molar-refractivity contribution in [2.45, 2.75) is 33.7 Å². The van der Waals surface area contributed by atoms with E-state index >= 15 is 0 Å². The molecule has 0 aliphatic rings. The van der Waals surface area contributed by atoms with Crippen LogP contribution in [0.2, 0.25) is 0 Å². The van der Waals surface area contributed by atoms with Crippen molar-refractivity contribution < 1.29 is 14.3 Å². The molecule has 1 rings (SSSR count). The standard InChI is InChI=1S/C13H22N2O3S/c1-5-18-12(16)8-17-7-6-14-9(2)13-10(3)15-11(4)19-13/h9,14H,5-8H2,1-4H3. The summed E-state index contributed by atoms with van der Waals surface area (Å²) in [7, 11) is 0. The third kappa shape index (κ3) is 5.67. The average Bonchev–Trinajstić information content (AvgIpc) is 2.68. The van der Waals surface area contributed by atoms with Crippen LogP contribution in [-0.2, 0) is 14.3 Å². The smallest absolute Gasteiger partial charge is 0.332 e. The van der Waals surface area contributed by atoms with Crippen LogP contribution in [0, 0.1) is 13.8 Å². The van der Waals surface area contributed by atoms with Gasteiger partial charge in [0.15, 0.2) is 0 Å². The fourth-order valence-corrected chi connectivity index (χ4v) is 2.70. The van der Waals surface area contributed by atoms with Gasteiger partial charge in [-0.3, -0.25) is 0 Å². The maximum atomic E-state index is 11.0. The number of carbonyl (C=O) groups is 1. The van der Waals surface area contributed by atoms with Gasteiger partial charge in [0.1, 0.15) is 6.61 Å². The van der Waals surface area contributed by atoms with Gasteiger partial charge in [-0.25, -0.2) is 9.78 Å². The van der Waals surface area contributed by atoms with Crippen LogP contribution in [0.5, 0.6) is 0 Å². The van der Waals surface area contributed by atoms with Gasteiger partial charge in [0.25, 0.3) is 0 Å². The molecule has 0 spiro atoms. The van der Waals surface area contributed by atoms with Gasteiger partial charge in [0, 0.05) is 17.5 Å². The second-order valence-corrected chi connectivity index (χ2v) is 5.45. The molecule has 1 unspecified atom stereocenters. The lowest BCUT2D eigenvalue weighted by molar-refractivity contribution is -0.148. The van der Waals surface area contributed by atoms with Crippen molar-refractivity contribution in [1.82, 2.24) is 10.3 Å². The molecule has 1 atom stereocenters. The van der Waals surface area contributed by atoms with Gasteiger partial charge in [-0.15, -0.1) is 11.3 Å². The van der Waals surface area contributed by atoms with E-state index in [1.807, 2.05) is 13.8 Å². The van der Waals surface area contributed by atoms with Crippen LogP contribution in [-0.4, -0.2) is 37.3 Å². The molecule has 108 valence electrons. The molecule has 19 heavy (non-hydrogen) atoms. The maximum absolute atomic E-state index is 11.0. The summed E-state index contributed by atoms with van der Waals surface area (Å²) in [6.45, 7) is 9.50. The predicted octanol–water partition coefficient (Wildman–Crippen LogP) is 1.99. The first-order valence-electron chi connectivity index (χ1n) is 6.45. The van der Waals surface area contributed by atoms with Crippen molar-refractivity contribution in [3.8, 4) is 0 Å². The lowest BCUT2D eigenvalue weighted by atomic mass is 10.2. The highest BCUT2D eigenvalue weighted by atomic mass is 32.1. The Bertz CT molecular complexity index is 407. The number of aromatic nitrogens is 1. The number of nitrogens with zero attached hydrogens (tertiary/aromatic N) is 1. The summed E-state index contributed by atoms with van der Waals surface area (Å²) < 4.78 is 9.99. The Morgan fingerprint density at radius 2 is 2.21 bits per heavy atom. The molecule has 0 aliphatic carbocycles. The van der Waals surface area contributed by atoms with E-state index in [0.29, 0.717) is 19.8 Å². The Balaban J connectivity index is 2.19. The molecule has 0 aromatic carbocycles. The minimum atomic E-state index is -0.315. The van der Waals surface area contributed by atoms with Crippen molar-refractivity contribution >= 4 is 17.3 Å². The normalized spacial score (nSPS) is 12.4. The van der Waals surface area contributed by atoms with Crippen LogP contribution in [0.4, 0.5) is 0 Å². The van der Waals surface area contributed by atoms with Gasteiger partial charge in [0.05, 0.1) is 23.9 Å². The summed E-state index contributed by atoms with van der Waals surface area (Å²) in [6, 6.07) is 0.248. The zero-order valence-corrected chi connectivity index (χ0v) is 12.8. The first-order valence-corrected chi connectivity index (χ1v) is 7.27. The molecule has 6 heteroatoms. The van der Waals surface area contributed by atoms with E-state index in [-0.39, 0.29) is 18.6 Å². The van der Waals surface area contributed by atoms with E-state index < -0.39 is 0 Å². The van der Waals surface area contributed by atoms with Crippen molar-refractivity contribution in [1.29, 1.82) is 0 Å². The van der Waals surface area contributed by atoms with Crippen LogP contribution < -0.4 is 5.32 Å². The topological polar surface area (TPSA) is 60.5 Å². The first kappa shape index (κ1) is 16.1. The zero-order chi connectivity index (χ0) is 14.3. The summed E-state index contributed by atoms with van der Waals surface area (Å²) in [5, 5.41) is 4.44. The Morgan fingerprint density at radius 1 is 1.47 bits per heavy atom. The highest BCUT2D eigenvalue weighted by Crippen LogP contribution is 2.23. The van der Waals surface area contributed by atoms with Gasteiger partial charge in [0.2, 0.25) is 0 Å². The summed E-state index contributed by atoms with van der Waals surface area (Å²) in [5.41, 5.74) is 1.08. The number of esters is 1. The third-order valence-electron chi connectivity index (χ3n) is 2.55. The molecule has 0 bridgehead atoms. The van der Waals surface area contributed by atoms with Crippen LogP contribution in [0.25, 0.3) is 0 Å². The van der Waals surface area contributed by atoms with E-state index in [9.17, 15) is 4.79 Å². The van der Waals surface area contributed by atoms with Gasteiger partial charge >= 0.3 is 5.97 Å². The molecule has 1 aromatic heterocycles. The quantitative estimate of drug-likeness (QED) is 0.585. The minimum absolute atomic E-state index is 0.0165. The predicted molar refractivity (Wildman–Crippen MR) is 75.5 cm³/mol. The number of rotatable bonds is 8. The summed E-state index contributed by atoms with van der Waals surface area (Å²) in [5.74, 6) is -0.315. The molecule has 5 nitrogen and oxygen atoms in total. The van der Waals surface area contributed by atoms with Crippen molar-refractivity contribution in [2.24, 2.45) is 0 Å². The fourth-order valence-electron chi connectivity index (χ4n) is 1.75. The average molecular weight is 286 g/mol. The lowest BCUT2D eigenvalue weighted by Crippen LogP contribution is -2.24. The second kappa shape index (κ2) is 8.24. The Kier molecular flexibility index (Phi) is 6.97. The number of nitrogens with one attached hydrogen (secondary N) is 1. The van der Waals surface area contributed by atoms with Crippen molar-refractivity contribution in [3.63, 3.8) is 0 Å². The number of carbonyl (C=O) groups excluding carboxylic acids is 1. The highest BCUT2D eigenvalue weighted by molar-refractivity contribution is 7.11. The van der Waals surface area contributed by atoms with Crippen LogP contribution in [0.15, 0.2) is 0 Å². The summed E-state index contributed by atoms with van der Waals surface area (Å²) in [4.78, 5) is 16.7. The lowest BCUT2D eigenvalue weighted by Gasteiger charge is -2.12. The van der Waals surface area contributed by atoms with Gasteiger partial charge < -0.3 is 14.8 Å². The van der Waals surface area contributed by atoms with Crippen molar-refractivity contribution in [2.75, 3.05) is 26.4 Å². The maximum Gasteiger partial charge on any atom is 0.332 e. The second-order valence-electron chi connectivity index (χ2n) is 4.22. The molecule has 0 fully saturated rings. The number of hydrogen-bond donors (Lipinski definition) is 1. The third-order valence-corrected chi connectivity index (χ3v) is 3.81. The van der Waals surface area contributed by atoms with Gasteiger partial charge in [-0.05, 0) is 27.7 Å². The zero-order valence-electron chi connectivity index (χ0n) is 12.0. The first-order chi connectivity index (χ1) is 9.04. The van der Waals surface area contributed by atoms with E-state index in [1.54, 1.807) is 18.3 Å². The van der Waals surface area contributed by atoms with Crippen LogP contribution in [0.3, 0.4) is 0 Å². The molecule has 0 amide bonds. The molecule has 0 saturated carbocycles. The highest BCUT2D eigenvalue weighted by Gasteiger charge is 2.12. The van der Waals surface area contributed by atoms with Gasteiger partial charge in [-0.2, -0.15) is 0 Å². The molecule has 1 N–H and O–H groups in total. The number of hydrogen-bond acceptors (Lipinski definition) is 6. The number of ether oxygens (including phenoxy) is 2. The monoisotopic (exact) mass is 286 g/mol. The summed E-state index contributed by atoms with van der Waals surface area (Å²) in [6.07, 6.45) is 0. The Labute approximate surface area is 118 Å². The van der Waals surface area contributed by atoms with E-state index in [1.165, 1.54) is 4.88 Å². The summed E-state index contributed by atoms with van der Waals surface area (Å²) >= 11 is 1.71. The largest absolute Gasteiger partial charge is 0.464 e. The minimum Gasteiger partial charge on any atom is -0.464 e. The molecule has 1 aromatic rings. The van der Waals surface area contributed by atoms with Crippen LogP contribution in [0.1, 0.15) is 35.5 Å². The van der Waals surface area contributed by atoms with E-state index in [0.717, 1.165) is 10.7 Å². The van der Waals surface area contributed by atoms with E-state index in [4.69, 9.17) is 9.47 Å². The van der Waals surface area contributed by atoms with Crippen LogP contribution >= 0.6 is 11.3 Å². The van der Waals surface area contributed by atoms with Gasteiger partial charge in [-0.1, -0.05) is 0 Å². The number of thiazole rings is 1. The molecular weight excluding hydrogens is 264 g/mol. The number of aryl methyl sites for hydroxylation is 2. The molecule has 1 heterocycles. The molecule has 0 aliphatic heterocycles. The van der Waals surface area contributed by atoms with Crippen molar-refractivity contribution in [3.05, 3.63) is 15.6 Å². The molecular formula is C13H22N2O3S.